The van der Waals surface area contributed by atoms with Crippen molar-refractivity contribution in [3.8, 4) is 0 Å². The van der Waals surface area contributed by atoms with Crippen molar-refractivity contribution >= 4 is 11.6 Å². The van der Waals surface area contributed by atoms with Crippen LogP contribution in [0.3, 0.4) is 0 Å². The van der Waals surface area contributed by atoms with Crippen molar-refractivity contribution in [2.24, 2.45) is 0 Å². The van der Waals surface area contributed by atoms with Gasteiger partial charge >= 0.3 is 0 Å². The van der Waals surface area contributed by atoms with Gasteiger partial charge in [0.1, 0.15) is 0 Å². The zero-order valence-corrected chi connectivity index (χ0v) is 10.7. The maximum atomic E-state index is 6.24. The highest BCUT2D eigenvalue weighted by molar-refractivity contribution is 6.31. The average Bonchev–Trinajstić information content (AvgIpc) is 2.24. The predicted octanol–water partition coefficient (Wildman–Crippen LogP) is 2.44. The van der Waals surface area contributed by atoms with Crippen molar-refractivity contribution in [3.05, 3.63) is 34.3 Å². The fourth-order valence-electron chi connectivity index (χ4n) is 2.25. The highest BCUT2D eigenvalue weighted by atomic mass is 35.5. The Kier molecular flexibility index (Phi) is 3.85. The first-order valence-electron chi connectivity index (χ1n) is 5.86. The monoisotopic (exact) mass is 238 g/mol. The molecule has 1 aliphatic rings. The molecule has 0 spiro atoms. The van der Waals surface area contributed by atoms with E-state index in [0.717, 1.165) is 31.2 Å². The van der Waals surface area contributed by atoms with Gasteiger partial charge in [-0.2, -0.15) is 0 Å². The van der Waals surface area contributed by atoms with Crippen LogP contribution in [0.25, 0.3) is 0 Å². The van der Waals surface area contributed by atoms with Gasteiger partial charge in [0.15, 0.2) is 0 Å². The molecule has 0 bridgehead atoms. The minimum atomic E-state index is 0.580. The number of nitrogens with one attached hydrogen (secondary N) is 1. The molecule has 2 nitrogen and oxygen atoms in total. The molecular formula is C13H19ClN2. The standard InChI is InChI=1S/C13H19ClN2/c1-10-4-3-5-13(14)12(10)9-16-7-6-15-11(2)8-16/h3-5,11,15H,6-9H2,1-2H3/t11-/m1/s1. The highest BCUT2D eigenvalue weighted by Gasteiger charge is 2.17. The molecule has 1 aromatic carbocycles. The maximum Gasteiger partial charge on any atom is 0.0453 e. The zero-order chi connectivity index (χ0) is 11.5. The van der Waals surface area contributed by atoms with Crippen molar-refractivity contribution in [2.45, 2.75) is 26.4 Å². The van der Waals surface area contributed by atoms with Gasteiger partial charge in [-0.3, -0.25) is 4.90 Å². The van der Waals surface area contributed by atoms with Crippen LogP contribution in [0.2, 0.25) is 5.02 Å². The van der Waals surface area contributed by atoms with Crippen LogP contribution in [-0.4, -0.2) is 30.6 Å². The summed E-state index contributed by atoms with van der Waals surface area (Å²) in [6.07, 6.45) is 0. The lowest BCUT2D eigenvalue weighted by molar-refractivity contribution is 0.199. The molecule has 1 aliphatic heterocycles. The Balaban J connectivity index is 2.08. The van der Waals surface area contributed by atoms with Gasteiger partial charge in [0.05, 0.1) is 0 Å². The lowest BCUT2D eigenvalue weighted by atomic mass is 10.1. The molecule has 88 valence electrons. The number of hydrogen-bond acceptors (Lipinski definition) is 2. The Labute approximate surface area is 103 Å². The number of hydrogen-bond donors (Lipinski definition) is 1. The van der Waals surface area contributed by atoms with Gasteiger partial charge in [0, 0.05) is 37.2 Å². The Morgan fingerprint density at radius 1 is 1.50 bits per heavy atom. The molecule has 1 aromatic rings. The van der Waals surface area contributed by atoms with Crippen LogP contribution in [0.5, 0.6) is 0 Å². The van der Waals surface area contributed by atoms with Crippen molar-refractivity contribution in [3.63, 3.8) is 0 Å². The summed E-state index contributed by atoms with van der Waals surface area (Å²) in [6, 6.07) is 6.71. The summed E-state index contributed by atoms with van der Waals surface area (Å²) >= 11 is 6.24. The number of piperazine rings is 1. The summed E-state index contributed by atoms with van der Waals surface area (Å²) in [7, 11) is 0. The van der Waals surface area contributed by atoms with E-state index in [0.29, 0.717) is 6.04 Å². The molecule has 16 heavy (non-hydrogen) atoms. The summed E-state index contributed by atoms with van der Waals surface area (Å²) in [6.45, 7) is 8.61. The van der Waals surface area contributed by atoms with E-state index < -0.39 is 0 Å². The number of rotatable bonds is 2. The van der Waals surface area contributed by atoms with Crippen molar-refractivity contribution in [1.29, 1.82) is 0 Å². The molecule has 0 radical (unpaired) electrons. The average molecular weight is 239 g/mol. The van der Waals surface area contributed by atoms with Crippen LogP contribution in [0.1, 0.15) is 18.1 Å². The van der Waals surface area contributed by atoms with Crippen molar-refractivity contribution < 1.29 is 0 Å². The Morgan fingerprint density at radius 3 is 3.00 bits per heavy atom. The summed E-state index contributed by atoms with van der Waals surface area (Å²) in [5.41, 5.74) is 2.57. The quantitative estimate of drug-likeness (QED) is 0.852. The van der Waals surface area contributed by atoms with Crippen molar-refractivity contribution in [1.82, 2.24) is 10.2 Å². The van der Waals surface area contributed by atoms with Crippen LogP contribution >= 0.6 is 11.6 Å². The minimum Gasteiger partial charge on any atom is -0.312 e. The van der Waals surface area contributed by atoms with Gasteiger partial charge in [-0.15, -0.1) is 0 Å². The molecule has 1 saturated heterocycles. The van der Waals surface area contributed by atoms with E-state index in [4.69, 9.17) is 11.6 Å². The fraction of sp³-hybridized carbons (Fsp3) is 0.538. The molecule has 1 heterocycles. The second kappa shape index (κ2) is 5.17. The van der Waals surface area contributed by atoms with Crippen molar-refractivity contribution in [2.75, 3.05) is 19.6 Å². The molecule has 0 unspecified atom stereocenters. The second-order valence-corrected chi connectivity index (χ2v) is 5.03. The molecule has 1 atom stereocenters. The summed E-state index contributed by atoms with van der Waals surface area (Å²) in [5, 5.41) is 4.35. The van der Waals surface area contributed by atoms with Gasteiger partial charge in [-0.1, -0.05) is 23.7 Å². The van der Waals surface area contributed by atoms with E-state index >= 15 is 0 Å². The molecule has 3 heteroatoms. The molecular weight excluding hydrogens is 220 g/mol. The van der Waals surface area contributed by atoms with Crippen LogP contribution in [0, 0.1) is 6.92 Å². The van der Waals surface area contributed by atoms with E-state index in [-0.39, 0.29) is 0 Å². The third-order valence-corrected chi connectivity index (χ3v) is 3.54. The highest BCUT2D eigenvalue weighted by Crippen LogP contribution is 2.21. The topological polar surface area (TPSA) is 15.3 Å². The molecule has 0 amide bonds. The molecule has 0 saturated carbocycles. The van der Waals surface area contributed by atoms with Crippen LogP contribution < -0.4 is 5.32 Å². The summed E-state index contributed by atoms with van der Waals surface area (Å²) in [4.78, 5) is 2.47. The molecule has 0 aromatic heterocycles. The maximum absolute atomic E-state index is 6.24. The third-order valence-electron chi connectivity index (χ3n) is 3.19. The van der Waals surface area contributed by atoms with Gasteiger partial charge < -0.3 is 5.32 Å². The van der Waals surface area contributed by atoms with E-state index in [1.165, 1.54) is 11.1 Å². The number of aryl methyl sites for hydroxylation is 1. The number of halogens is 1. The molecule has 1 N–H and O–H groups in total. The van der Waals surface area contributed by atoms with E-state index in [1.807, 2.05) is 12.1 Å². The van der Waals surface area contributed by atoms with Crippen LogP contribution in [0.15, 0.2) is 18.2 Å². The smallest absolute Gasteiger partial charge is 0.0453 e. The second-order valence-electron chi connectivity index (χ2n) is 4.63. The lowest BCUT2D eigenvalue weighted by Gasteiger charge is -2.32. The number of benzene rings is 1. The van der Waals surface area contributed by atoms with Crippen LogP contribution in [-0.2, 0) is 6.54 Å². The fourth-order valence-corrected chi connectivity index (χ4v) is 2.53. The van der Waals surface area contributed by atoms with Crippen LogP contribution in [0.4, 0.5) is 0 Å². The Hall–Kier alpha value is -0.570. The SMILES string of the molecule is Cc1cccc(Cl)c1CN1CCN[C@H](C)C1. The van der Waals surface area contributed by atoms with Gasteiger partial charge in [0.25, 0.3) is 0 Å². The van der Waals surface area contributed by atoms with E-state index in [9.17, 15) is 0 Å². The van der Waals surface area contributed by atoms with E-state index in [2.05, 4.69) is 30.1 Å². The first-order chi connectivity index (χ1) is 7.66. The largest absolute Gasteiger partial charge is 0.312 e. The summed E-state index contributed by atoms with van der Waals surface area (Å²) < 4.78 is 0. The van der Waals surface area contributed by atoms with Gasteiger partial charge in [-0.25, -0.2) is 0 Å². The van der Waals surface area contributed by atoms with E-state index in [1.54, 1.807) is 0 Å². The first kappa shape index (κ1) is 11.9. The Morgan fingerprint density at radius 2 is 2.31 bits per heavy atom. The molecule has 1 fully saturated rings. The lowest BCUT2D eigenvalue weighted by Crippen LogP contribution is -2.48. The first-order valence-corrected chi connectivity index (χ1v) is 6.24. The van der Waals surface area contributed by atoms with Gasteiger partial charge in [-0.05, 0) is 31.0 Å². The minimum absolute atomic E-state index is 0.580. The predicted molar refractivity (Wildman–Crippen MR) is 68.9 cm³/mol. The normalized spacial score (nSPS) is 22.3. The molecule has 0 aliphatic carbocycles. The third kappa shape index (κ3) is 2.76. The number of nitrogens with zero attached hydrogens (tertiary/aromatic N) is 1. The zero-order valence-electron chi connectivity index (χ0n) is 9.96. The Bertz CT molecular complexity index is 345. The molecule has 2 rings (SSSR count). The van der Waals surface area contributed by atoms with Gasteiger partial charge in [0.2, 0.25) is 0 Å². The summed E-state index contributed by atoms with van der Waals surface area (Å²) in [5.74, 6) is 0.